The lowest BCUT2D eigenvalue weighted by Crippen LogP contribution is -2.49. The van der Waals surface area contributed by atoms with Crippen molar-refractivity contribution in [3.8, 4) is 5.82 Å². The fraction of sp³-hybridized carbons (Fsp3) is 0.400. The maximum absolute atomic E-state index is 13.7. The Morgan fingerprint density at radius 1 is 1.09 bits per heavy atom. The number of carbonyl (C=O) groups is 3. The van der Waals surface area contributed by atoms with Gasteiger partial charge in [0.2, 0.25) is 17.6 Å². The number of rotatable bonds is 8. The van der Waals surface area contributed by atoms with E-state index < -0.39 is 5.91 Å². The van der Waals surface area contributed by atoms with Gasteiger partial charge in [-0.05, 0) is 64.0 Å². The molecule has 1 saturated carbocycles. The quantitative estimate of drug-likeness (QED) is 0.301. The topological polar surface area (TPSA) is 148 Å². The van der Waals surface area contributed by atoms with Crippen LogP contribution in [0.5, 0.6) is 0 Å². The molecule has 5 heterocycles. The Hall–Kier alpha value is -4.33. The zero-order chi connectivity index (χ0) is 30.8. The zero-order valence-electron chi connectivity index (χ0n) is 24.5. The average molecular weight is 621 g/mol. The van der Waals surface area contributed by atoms with Crippen molar-refractivity contribution in [2.24, 2.45) is 5.92 Å². The number of nitrogens with one attached hydrogen (secondary N) is 2. The van der Waals surface area contributed by atoms with E-state index in [1.54, 1.807) is 30.5 Å². The maximum atomic E-state index is 13.7. The summed E-state index contributed by atoms with van der Waals surface area (Å²) >= 11 is 5.95. The molecule has 0 aromatic carbocycles. The van der Waals surface area contributed by atoms with Crippen LogP contribution in [0.2, 0.25) is 5.02 Å². The SMILES string of the molecule is CN(C)Cc1nccn1-c1ccc2oc(C(=O)Nc3ccc(Cl)cn3)c(NC(=O)C3CCC(N4CCOCC4=O)CC3)c2n1. The van der Waals surface area contributed by atoms with Crippen molar-refractivity contribution in [3.63, 3.8) is 0 Å². The molecular weight excluding hydrogens is 588 g/mol. The third-order valence-electron chi connectivity index (χ3n) is 7.90. The van der Waals surface area contributed by atoms with Crippen molar-refractivity contribution in [2.45, 2.75) is 38.3 Å². The molecule has 0 spiro atoms. The van der Waals surface area contributed by atoms with E-state index in [1.807, 2.05) is 34.7 Å². The van der Waals surface area contributed by atoms with Crippen LogP contribution in [-0.4, -0.2) is 86.9 Å². The smallest absolute Gasteiger partial charge is 0.294 e. The number of nitrogens with zero attached hydrogens (tertiary/aromatic N) is 6. The van der Waals surface area contributed by atoms with Gasteiger partial charge in [0, 0.05) is 37.1 Å². The Morgan fingerprint density at radius 3 is 2.64 bits per heavy atom. The van der Waals surface area contributed by atoms with E-state index in [1.165, 1.54) is 6.20 Å². The largest absolute Gasteiger partial charge is 0.447 e. The van der Waals surface area contributed by atoms with Gasteiger partial charge in [0.25, 0.3) is 5.91 Å². The van der Waals surface area contributed by atoms with Crippen LogP contribution in [0.15, 0.2) is 47.3 Å². The highest BCUT2D eigenvalue weighted by molar-refractivity contribution is 6.30. The second-order valence-electron chi connectivity index (χ2n) is 11.2. The van der Waals surface area contributed by atoms with Crippen LogP contribution in [0.1, 0.15) is 42.1 Å². The molecule has 2 fully saturated rings. The van der Waals surface area contributed by atoms with Crippen LogP contribution in [0.25, 0.3) is 16.9 Å². The summed E-state index contributed by atoms with van der Waals surface area (Å²) in [6, 6.07) is 6.76. The summed E-state index contributed by atoms with van der Waals surface area (Å²) in [5.74, 6) is 0.373. The first-order chi connectivity index (χ1) is 21.3. The van der Waals surface area contributed by atoms with Crippen LogP contribution < -0.4 is 10.6 Å². The summed E-state index contributed by atoms with van der Waals surface area (Å²) < 4.78 is 13.1. The van der Waals surface area contributed by atoms with Gasteiger partial charge in [0.05, 0.1) is 18.2 Å². The highest BCUT2D eigenvalue weighted by Crippen LogP contribution is 2.34. The summed E-state index contributed by atoms with van der Waals surface area (Å²) in [6.45, 7) is 1.79. The van der Waals surface area contributed by atoms with Gasteiger partial charge in [-0.2, -0.15) is 0 Å². The number of halogens is 1. The van der Waals surface area contributed by atoms with Crippen LogP contribution in [0, 0.1) is 5.92 Å². The maximum Gasteiger partial charge on any atom is 0.294 e. The lowest BCUT2D eigenvalue weighted by atomic mass is 9.84. The number of pyridine rings is 2. The van der Waals surface area contributed by atoms with E-state index >= 15 is 0 Å². The second-order valence-corrected chi connectivity index (χ2v) is 11.7. The molecule has 0 bridgehead atoms. The Labute approximate surface area is 258 Å². The number of amides is 3. The molecule has 13 nitrogen and oxygen atoms in total. The van der Waals surface area contributed by atoms with E-state index in [2.05, 4.69) is 20.6 Å². The van der Waals surface area contributed by atoms with E-state index in [9.17, 15) is 14.4 Å². The Morgan fingerprint density at radius 2 is 1.91 bits per heavy atom. The van der Waals surface area contributed by atoms with Crippen molar-refractivity contribution in [1.29, 1.82) is 0 Å². The summed E-state index contributed by atoms with van der Waals surface area (Å²) in [5, 5.41) is 6.11. The molecule has 1 aliphatic heterocycles. The van der Waals surface area contributed by atoms with Crippen molar-refractivity contribution >= 4 is 51.9 Å². The molecule has 14 heteroatoms. The highest BCUT2D eigenvalue weighted by Gasteiger charge is 2.34. The molecule has 230 valence electrons. The molecule has 4 aromatic heterocycles. The second kappa shape index (κ2) is 12.7. The van der Waals surface area contributed by atoms with Gasteiger partial charge < -0.3 is 29.6 Å². The highest BCUT2D eigenvalue weighted by atomic mass is 35.5. The van der Waals surface area contributed by atoms with E-state index in [0.29, 0.717) is 67.3 Å². The molecule has 44 heavy (non-hydrogen) atoms. The molecule has 6 rings (SSSR count). The van der Waals surface area contributed by atoms with E-state index in [0.717, 1.165) is 5.82 Å². The van der Waals surface area contributed by atoms with Gasteiger partial charge in [0.15, 0.2) is 5.58 Å². The molecule has 0 radical (unpaired) electrons. The number of ether oxygens (including phenoxy) is 1. The molecule has 0 atom stereocenters. The number of fused-ring (bicyclic) bond motifs is 1. The zero-order valence-corrected chi connectivity index (χ0v) is 25.2. The standard InChI is InChI=1S/C30H33ClN8O5/c1-37(2)16-24-32-11-12-39(24)23-10-8-21-26(35-23)27(28(44-21)30(42)34-22-9-5-19(31)15-33-22)36-29(41)18-3-6-20(7-4-18)38-13-14-43-17-25(38)40/h5,8-12,15,18,20H,3-4,6-7,13-14,16-17H2,1-2H3,(H,36,41)(H,33,34,42). The Bertz CT molecular complexity index is 1680. The minimum atomic E-state index is -0.597. The first-order valence-corrected chi connectivity index (χ1v) is 14.9. The summed E-state index contributed by atoms with van der Waals surface area (Å²) in [6.07, 6.45) is 7.56. The average Bonchev–Trinajstić information content (AvgIpc) is 3.62. The number of hydrogen-bond acceptors (Lipinski definition) is 9. The summed E-state index contributed by atoms with van der Waals surface area (Å²) in [7, 11) is 3.90. The number of anilines is 2. The van der Waals surface area contributed by atoms with Gasteiger partial charge in [-0.25, -0.2) is 15.0 Å². The van der Waals surface area contributed by atoms with Crippen LogP contribution >= 0.6 is 11.6 Å². The minimum absolute atomic E-state index is 0.00615. The van der Waals surface area contributed by atoms with Crippen LogP contribution in [0.4, 0.5) is 11.5 Å². The minimum Gasteiger partial charge on any atom is -0.447 e. The fourth-order valence-corrected chi connectivity index (χ4v) is 5.84. The number of furan rings is 1. The van der Waals surface area contributed by atoms with Crippen molar-refractivity contribution < 1.29 is 23.5 Å². The van der Waals surface area contributed by atoms with Crippen molar-refractivity contribution in [3.05, 3.63) is 59.5 Å². The molecule has 3 amide bonds. The fourth-order valence-electron chi connectivity index (χ4n) is 5.73. The van der Waals surface area contributed by atoms with E-state index in [4.69, 9.17) is 25.7 Å². The normalized spacial score (nSPS) is 19.0. The third-order valence-corrected chi connectivity index (χ3v) is 8.12. The van der Waals surface area contributed by atoms with E-state index in [-0.39, 0.29) is 47.6 Å². The van der Waals surface area contributed by atoms with Crippen molar-refractivity contribution in [1.82, 2.24) is 29.3 Å². The monoisotopic (exact) mass is 620 g/mol. The van der Waals surface area contributed by atoms with Gasteiger partial charge in [-0.1, -0.05) is 11.6 Å². The Balaban J connectivity index is 1.28. The number of carbonyl (C=O) groups excluding carboxylic acids is 3. The van der Waals surface area contributed by atoms with Crippen LogP contribution in [-0.2, 0) is 20.9 Å². The molecule has 0 unspecified atom stereocenters. The molecule has 2 N–H and O–H groups in total. The number of imidazole rings is 1. The summed E-state index contributed by atoms with van der Waals surface area (Å²) in [5.41, 5.74) is 0.849. The number of morpholine rings is 1. The number of aromatic nitrogens is 4. The van der Waals surface area contributed by atoms with Crippen molar-refractivity contribution in [2.75, 3.05) is 44.5 Å². The first-order valence-electron chi connectivity index (χ1n) is 14.5. The molecule has 1 aliphatic carbocycles. The van der Waals surface area contributed by atoms with Gasteiger partial charge in [-0.15, -0.1) is 0 Å². The molecule has 1 saturated heterocycles. The van der Waals surface area contributed by atoms with Gasteiger partial charge in [0.1, 0.15) is 35.3 Å². The number of hydrogen-bond donors (Lipinski definition) is 2. The third kappa shape index (κ3) is 6.30. The Kier molecular flexibility index (Phi) is 8.60. The molecule has 4 aromatic rings. The predicted octanol–water partition coefficient (Wildman–Crippen LogP) is 3.73. The lowest BCUT2D eigenvalue weighted by Gasteiger charge is -2.38. The molecule has 2 aliphatic rings. The first kappa shape index (κ1) is 29.7. The lowest BCUT2D eigenvalue weighted by molar-refractivity contribution is -0.146. The molecular formula is C30H33ClN8O5. The van der Waals surface area contributed by atoms with Gasteiger partial charge in [-0.3, -0.25) is 19.0 Å². The van der Waals surface area contributed by atoms with Gasteiger partial charge >= 0.3 is 0 Å². The predicted molar refractivity (Wildman–Crippen MR) is 163 cm³/mol. The van der Waals surface area contributed by atoms with Crippen LogP contribution in [0.3, 0.4) is 0 Å². The summed E-state index contributed by atoms with van der Waals surface area (Å²) in [4.78, 5) is 56.7.